The van der Waals surface area contributed by atoms with Crippen molar-refractivity contribution in [3.05, 3.63) is 21.2 Å². The van der Waals surface area contributed by atoms with E-state index in [1.54, 1.807) is 13.1 Å². The van der Waals surface area contributed by atoms with Gasteiger partial charge in [-0.25, -0.2) is 9.97 Å². The Kier molecular flexibility index (Phi) is 3.75. The molecular formula is C11H11ClIN3O4. The molecule has 0 radical (unpaired) electrons. The highest BCUT2D eigenvalue weighted by molar-refractivity contribution is 14.1. The Balaban J connectivity index is 1.94. The third-order valence-electron chi connectivity index (χ3n) is 3.14. The highest BCUT2D eigenvalue weighted by atomic mass is 127. The zero-order valence-electron chi connectivity index (χ0n) is 10.3. The molecule has 4 atom stereocenters. The maximum atomic E-state index is 9.85. The van der Waals surface area contributed by atoms with E-state index in [9.17, 15) is 10.2 Å². The molecule has 0 aliphatic carbocycles. The van der Waals surface area contributed by atoms with Gasteiger partial charge in [-0.3, -0.25) is 0 Å². The summed E-state index contributed by atoms with van der Waals surface area (Å²) in [7, 11) is 0. The molecule has 0 unspecified atom stereocenters. The number of aliphatic hydroxyl groups excluding tert-OH is 2. The molecule has 0 bridgehead atoms. The first-order valence-electron chi connectivity index (χ1n) is 5.85. The summed E-state index contributed by atoms with van der Waals surface area (Å²) in [5.74, 6) is 0. The average molecular weight is 412 g/mol. The molecule has 0 spiro atoms. The standard InChI is InChI=1S/C11H11ClIN3O4/c1-4-7(17)8(18)11(19-4)20-16-2-5(13)6-9(12)14-3-15-10(6)16/h2-4,7-8,11,17-18H,1H3/t4-,7-,8-,11+/m1/s1. The second-order valence-electron chi connectivity index (χ2n) is 4.46. The Morgan fingerprint density at radius 3 is 2.80 bits per heavy atom. The minimum atomic E-state index is -1.13. The Labute approximate surface area is 132 Å². The molecule has 0 amide bonds. The normalized spacial score (nSPS) is 30.1. The first kappa shape index (κ1) is 14.3. The molecule has 1 saturated heterocycles. The lowest BCUT2D eigenvalue weighted by Gasteiger charge is -2.16. The van der Waals surface area contributed by atoms with Crippen LogP contribution in [0.3, 0.4) is 0 Å². The molecule has 0 aromatic carbocycles. The summed E-state index contributed by atoms with van der Waals surface area (Å²) in [6.45, 7) is 1.66. The van der Waals surface area contributed by atoms with Crippen LogP contribution in [0, 0.1) is 3.57 Å². The van der Waals surface area contributed by atoms with Crippen LogP contribution in [-0.4, -0.2) is 49.5 Å². The maximum Gasteiger partial charge on any atom is 0.253 e. The number of aromatic nitrogens is 3. The van der Waals surface area contributed by atoms with Crippen LogP contribution in [-0.2, 0) is 4.74 Å². The fourth-order valence-electron chi connectivity index (χ4n) is 2.05. The van der Waals surface area contributed by atoms with E-state index < -0.39 is 24.6 Å². The van der Waals surface area contributed by atoms with E-state index in [4.69, 9.17) is 21.2 Å². The molecule has 0 saturated carbocycles. The van der Waals surface area contributed by atoms with Gasteiger partial charge in [0.2, 0.25) is 0 Å². The van der Waals surface area contributed by atoms with Crippen LogP contribution in [0.15, 0.2) is 12.5 Å². The van der Waals surface area contributed by atoms with E-state index in [1.807, 2.05) is 0 Å². The van der Waals surface area contributed by atoms with Gasteiger partial charge in [0.15, 0.2) is 5.65 Å². The lowest BCUT2D eigenvalue weighted by molar-refractivity contribution is -0.162. The molecule has 1 aliphatic rings. The predicted molar refractivity (Wildman–Crippen MR) is 78.2 cm³/mol. The van der Waals surface area contributed by atoms with Gasteiger partial charge in [0, 0.05) is 3.57 Å². The number of aliphatic hydroxyl groups is 2. The Morgan fingerprint density at radius 1 is 1.40 bits per heavy atom. The first-order valence-corrected chi connectivity index (χ1v) is 7.30. The summed E-state index contributed by atoms with van der Waals surface area (Å²) in [6.07, 6.45) is -0.605. The molecule has 7 nitrogen and oxygen atoms in total. The molecule has 20 heavy (non-hydrogen) atoms. The van der Waals surface area contributed by atoms with Crippen molar-refractivity contribution in [1.82, 2.24) is 14.7 Å². The number of nitrogens with zero attached hydrogens (tertiary/aromatic N) is 3. The summed E-state index contributed by atoms with van der Waals surface area (Å²) < 4.78 is 7.53. The highest BCUT2D eigenvalue weighted by Gasteiger charge is 2.42. The molecule has 9 heteroatoms. The highest BCUT2D eigenvalue weighted by Crippen LogP contribution is 2.27. The van der Waals surface area contributed by atoms with E-state index in [0.717, 1.165) is 3.57 Å². The van der Waals surface area contributed by atoms with E-state index in [0.29, 0.717) is 16.2 Å². The van der Waals surface area contributed by atoms with Gasteiger partial charge in [0.25, 0.3) is 6.29 Å². The van der Waals surface area contributed by atoms with Gasteiger partial charge >= 0.3 is 0 Å². The van der Waals surface area contributed by atoms with Gasteiger partial charge in [-0.05, 0) is 29.5 Å². The third-order valence-corrected chi connectivity index (χ3v) is 4.24. The van der Waals surface area contributed by atoms with Crippen molar-refractivity contribution in [2.24, 2.45) is 0 Å². The summed E-state index contributed by atoms with van der Waals surface area (Å²) in [5.41, 5.74) is 0.472. The number of ether oxygens (including phenoxy) is 1. The Bertz CT molecular complexity index is 652. The van der Waals surface area contributed by atoms with Gasteiger partial charge in [-0.2, -0.15) is 4.73 Å². The maximum absolute atomic E-state index is 9.85. The summed E-state index contributed by atoms with van der Waals surface area (Å²) >= 11 is 8.11. The van der Waals surface area contributed by atoms with Crippen LogP contribution in [0.1, 0.15) is 6.92 Å². The molecule has 2 aromatic rings. The van der Waals surface area contributed by atoms with E-state index in [-0.39, 0.29) is 0 Å². The second-order valence-corrected chi connectivity index (χ2v) is 5.98. The monoisotopic (exact) mass is 411 g/mol. The van der Waals surface area contributed by atoms with E-state index in [2.05, 4.69) is 32.6 Å². The van der Waals surface area contributed by atoms with Crippen molar-refractivity contribution in [1.29, 1.82) is 0 Å². The molecule has 1 fully saturated rings. The van der Waals surface area contributed by atoms with Gasteiger partial charge in [0.05, 0.1) is 17.7 Å². The molecule has 3 heterocycles. The third kappa shape index (κ3) is 2.25. The van der Waals surface area contributed by atoms with E-state index >= 15 is 0 Å². The van der Waals surface area contributed by atoms with Crippen LogP contribution >= 0.6 is 34.2 Å². The van der Waals surface area contributed by atoms with Crippen LogP contribution < -0.4 is 4.84 Å². The number of rotatable bonds is 2. The quantitative estimate of drug-likeness (QED) is 0.555. The SMILES string of the molecule is C[C@H]1O[C@@H](On2cc(I)c3c(Cl)ncnc32)[C@H](O)[C@@H]1O. The molecule has 1 aliphatic heterocycles. The molecule has 3 rings (SSSR count). The fraction of sp³-hybridized carbons (Fsp3) is 0.455. The number of halogens is 2. The lowest BCUT2D eigenvalue weighted by Crippen LogP contribution is -2.37. The van der Waals surface area contributed by atoms with Crippen LogP contribution in [0.5, 0.6) is 0 Å². The molecular weight excluding hydrogens is 400 g/mol. The molecule has 108 valence electrons. The molecule has 2 aromatic heterocycles. The smallest absolute Gasteiger partial charge is 0.253 e. The zero-order valence-corrected chi connectivity index (χ0v) is 13.2. The Hall–Kier alpha value is -0.680. The van der Waals surface area contributed by atoms with E-state index in [1.165, 1.54) is 11.1 Å². The van der Waals surface area contributed by atoms with Crippen molar-refractivity contribution in [3.63, 3.8) is 0 Å². The van der Waals surface area contributed by atoms with Crippen molar-refractivity contribution in [2.45, 2.75) is 31.5 Å². The van der Waals surface area contributed by atoms with Crippen LogP contribution in [0.2, 0.25) is 5.15 Å². The summed E-state index contributed by atoms with van der Waals surface area (Å²) in [5, 5.41) is 20.5. The van der Waals surface area contributed by atoms with Crippen molar-refractivity contribution < 1.29 is 19.8 Å². The predicted octanol–water partition coefficient (Wildman–Crippen LogP) is 0.584. The topological polar surface area (TPSA) is 89.6 Å². The van der Waals surface area contributed by atoms with Crippen molar-refractivity contribution in [3.8, 4) is 0 Å². The molecule has 2 N–H and O–H groups in total. The minimum absolute atomic E-state index is 0.322. The van der Waals surface area contributed by atoms with Gasteiger partial charge < -0.3 is 19.8 Å². The van der Waals surface area contributed by atoms with Gasteiger partial charge in [0.1, 0.15) is 23.7 Å². The zero-order chi connectivity index (χ0) is 14.4. The van der Waals surface area contributed by atoms with Crippen molar-refractivity contribution in [2.75, 3.05) is 0 Å². The minimum Gasteiger partial charge on any atom is -0.387 e. The van der Waals surface area contributed by atoms with Crippen LogP contribution in [0.4, 0.5) is 0 Å². The number of hydrogen-bond donors (Lipinski definition) is 2. The summed E-state index contributed by atoms with van der Waals surface area (Å²) in [6, 6.07) is 0. The second kappa shape index (κ2) is 5.26. The van der Waals surface area contributed by atoms with Crippen LogP contribution in [0.25, 0.3) is 11.0 Å². The fourth-order valence-corrected chi connectivity index (χ4v) is 3.19. The van der Waals surface area contributed by atoms with Crippen molar-refractivity contribution >= 4 is 45.2 Å². The largest absolute Gasteiger partial charge is 0.387 e. The first-order chi connectivity index (χ1) is 9.49. The Morgan fingerprint density at radius 2 is 2.15 bits per heavy atom. The summed E-state index contributed by atoms with van der Waals surface area (Å²) in [4.78, 5) is 13.6. The number of fused-ring (bicyclic) bond motifs is 1. The lowest BCUT2D eigenvalue weighted by atomic mass is 10.2. The van der Waals surface area contributed by atoms with Gasteiger partial charge in [-0.1, -0.05) is 11.6 Å². The van der Waals surface area contributed by atoms with Gasteiger partial charge in [-0.15, -0.1) is 0 Å². The average Bonchev–Trinajstić information content (AvgIpc) is 2.85. The number of hydrogen-bond acceptors (Lipinski definition) is 6.